The minimum Gasteiger partial charge on any atom is -0.491 e. The van der Waals surface area contributed by atoms with Crippen LogP contribution in [0.3, 0.4) is 0 Å². The Morgan fingerprint density at radius 2 is 1.87 bits per heavy atom. The van der Waals surface area contributed by atoms with Crippen molar-refractivity contribution in [3.05, 3.63) is 29.8 Å². The molecule has 4 nitrogen and oxygen atoms in total. The van der Waals surface area contributed by atoms with Crippen LogP contribution in [0.2, 0.25) is 0 Å². The van der Waals surface area contributed by atoms with Crippen molar-refractivity contribution in [2.24, 2.45) is 11.7 Å². The number of amides is 1. The molecule has 128 valence electrons. The van der Waals surface area contributed by atoms with E-state index in [2.05, 4.69) is 5.32 Å². The number of rotatable bonds is 6. The Bertz CT molecular complexity index is 499. The smallest absolute Gasteiger partial charge is 0.220 e. The molecule has 1 saturated carbocycles. The van der Waals surface area contributed by atoms with E-state index in [0.717, 1.165) is 24.2 Å². The Labute approximate surface area is 139 Å². The molecule has 1 aromatic carbocycles. The molecular formula is C19H30N2O2. The van der Waals surface area contributed by atoms with Gasteiger partial charge in [-0.15, -0.1) is 0 Å². The van der Waals surface area contributed by atoms with Gasteiger partial charge in [-0.1, -0.05) is 25.0 Å². The lowest BCUT2D eigenvalue weighted by Crippen LogP contribution is -2.37. The summed E-state index contributed by atoms with van der Waals surface area (Å²) in [4.78, 5) is 12.3. The van der Waals surface area contributed by atoms with Gasteiger partial charge in [-0.2, -0.15) is 0 Å². The molecule has 2 rings (SSSR count). The highest BCUT2D eigenvalue weighted by molar-refractivity contribution is 5.76. The van der Waals surface area contributed by atoms with Gasteiger partial charge in [0.1, 0.15) is 5.75 Å². The zero-order valence-electron chi connectivity index (χ0n) is 14.5. The van der Waals surface area contributed by atoms with Crippen molar-refractivity contribution in [3.8, 4) is 5.75 Å². The number of carbonyl (C=O) groups is 1. The summed E-state index contributed by atoms with van der Waals surface area (Å²) in [6.45, 7) is 6.02. The number of hydrogen-bond donors (Lipinski definition) is 2. The van der Waals surface area contributed by atoms with Gasteiger partial charge in [0.25, 0.3) is 0 Å². The highest BCUT2D eigenvalue weighted by atomic mass is 16.5. The molecule has 0 bridgehead atoms. The third-order valence-electron chi connectivity index (χ3n) is 4.54. The minimum atomic E-state index is -0.00425. The lowest BCUT2D eigenvalue weighted by atomic mass is 9.83. The zero-order valence-corrected chi connectivity index (χ0v) is 14.5. The Morgan fingerprint density at radius 3 is 2.48 bits per heavy atom. The van der Waals surface area contributed by atoms with E-state index in [1.807, 2.05) is 45.0 Å². The SMILES string of the molecule is CC(C)Oc1ccc(C(C)NC(=O)CC2CCCCC2N)cc1. The van der Waals surface area contributed by atoms with Crippen molar-refractivity contribution >= 4 is 5.91 Å². The van der Waals surface area contributed by atoms with Crippen LogP contribution in [0.25, 0.3) is 0 Å². The fraction of sp³-hybridized carbons (Fsp3) is 0.632. The number of carbonyl (C=O) groups excluding carboxylic acids is 1. The van der Waals surface area contributed by atoms with Gasteiger partial charge in [0.15, 0.2) is 0 Å². The number of nitrogens with two attached hydrogens (primary N) is 1. The van der Waals surface area contributed by atoms with E-state index in [0.29, 0.717) is 12.3 Å². The fourth-order valence-corrected chi connectivity index (χ4v) is 3.22. The predicted octanol–water partition coefficient (Wildman–Crippen LogP) is 3.56. The Kier molecular flexibility index (Phi) is 6.46. The van der Waals surface area contributed by atoms with Crippen molar-refractivity contribution in [3.63, 3.8) is 0 Å². The van der Waals surface area contributed by atoms with E-state index < -0.39 is 0 Å². The van der Waals surface area contributed by atoms with E-state index >= 15 is 0 Å². The van der Waals surface area contributed by atoms with Crippen LogP contribution in [-0.4, -0.2) is 18.1 Å². The first-order valence-corrected chi connectivity index (χ1v) is 8.77. The molecule has 1 aromatic rings. The maximum absolute atomic E-state index is 12.3. The molecule has 0 radical (unpaired) electrons. The average molecular weight is 318 g/mol. The van der Waals surface area contributed by atoms with Crippen LogP contribution in [0.15, 0.2) is 24.3 Å². The van der Waals surface area contributed by atoms with Gasteiger partial charge in [0.2, 0.25) is 5.91 Å². The Hall–Kier alpha value is -1.55. The van der Waals surface area contributed by atoms with Crippen LogP contribution in [0.1, 0.15) is 64.5 Å². The monoisotopic (exact) mass is 318 g/mol. The molecule has 3 unspecified atom stereocenters. The molecule has 1 amide bonds. The lowest BCUT2D eigenvalue weighted by molar-refractivity contribution is -0.123. The Morgan fingerprint density at radius 1 is 1.22 bits per heavy atom. The summed E-state index contributed by atoms with van der Waals surface area (Å²) in [5.41, 5.74) is 7.22. The second kappa shape index (κ2) is 8.34. The predicted molar refractivity (Wildman–Crippen MR) is 93.3 cm³/mol. The van der Waals surface area contributed by atoms with E-state index in [4.69, 9.17) is 10.5 Å². The molecule has 3 atom stereocenters. The van der Waals surface area contributed by atoms with Crippen molar-refractivity contribution in [2.45, 2.75) is 71.1 Å². The van der Waals surface area contributed by atoms with Crippen LogP contribution in [-0.2, 0) is 4.79 Å². The van der Waals surface area contributed by atoms with Gasteiger partial charge in [0.05, 0.1) is 12.1 Å². The fourth-order valence-electron chi connectivity index (χ4n) is 3.22. The molecular weight excluding hydrogens is 288 g/mol. The third-order valence-corrected chi connectivity index (χ3v) is 4.54. The molecule has 0 saturated heterocycles. The first kappa shape index (κ1) is 17.8. The first-order valence-electron chi connectivity index (χ1n) is 8.77. The van der Waals surface area contributed by atoms with Gasteiger partial charge in [-0.25, -0.2) is 0 Å². The van der Waals surface area contributed by atoms with E-state index in [1.165, 1.54) is 12.8 Å². The second-order valence-electron chi connectivity index (χ2n) is 6.94. The standard InChI is InChI=1S/C19H30N2O2/c1-13(2)23-17-10-8-15(9-11-17)14(3)21-19(22)12-16-6-4-5-7-18(16)20/h8-11,13-14,16,18H,4-7,12,20H2,1-3H3,(H,21,22). The van der Waals surface area contributed by atoms with Crippen LogP contribution >= 0.6 is 0 Å². The quantitative estimate of drug-likeness (QED) is 0.843. The number of nitrogens with one attached hydrogen (secondary N) is 1. The van der Waals surface area contributed by atoms with E-state index in [-0.39, 0.29) is 24.1 Å². The summed E-state index contributed by atoms with van der Waals surface area (Å²) < 4.78 is 5.64. The maximum atomic E-state index is 12.3. The van der Waals surface area contributed by atoms with Gasteiger partial charge >= 0.3 is 0 Å². The molecule has 0 aromatic heterocycles. The second-order valence-corrected chi connectivity index (χ2v) is 6.94. The molecule has 1 aliphatic rings. The topological polar surface area (TPSA) is 64.3 Å². The highest BCUT2D eigenvalue weighted by Gasteiger charge is 2.24. The molecule has 4 heteroatoms. The van der Waals surface area contributed by atoms with Crippen LogP contribution < -0.4 is 15.8 Å². The van der Waals surface area contributed by atoms with E-state index in [1.54, 1.807) is 0 Å². The van der Waals surface area contributed by atoms with Crippen molar-refractivity contribution < 1.29 is 9.53 Å². The largest absolute Gasteiger partial charge is 0.491 e. The van der Waals surface area contributed by atoms with Crippen molar-refractivity contribution in [1.82, 2.24) is 5.32 Å². The molecule has 0 spiro atoms. The lowest BCUT2D eigenvalue weighted by Gasteiger charge is -2.28. The van der Waals surface area contributed by atoms with Crippen LogP contribution in [0.5, 0.6) is 5.75 Å². The summed E-state index contributed by atoms with van der Waals surface area (Å²) in [5, 5.41) is 3.09. The number of ether oxygens (including phenoxy) is 1. The maximum Gasteiger partial charge on any atom is 0.220 e. The summed E-state index contributed by atoms with van der Waals surface area (Å²) >= 11 is 0. The molecule has 0 aliphatic heterocycles. The summed E-state index contributed by atoms with van der Waals surface area (Å²) in [6, 6.07) is 8.10. The molecule has 1 fully saturated rings. The summed E-state index contributed by atoms with van der Waals surface area (Å²) in [7, 11) is 0. The van der Waals surface area contributed by atoms with Crippen LogP contribution in [0, 0.1) is 5.92 Å². The number of benzene rings is 1. The number of hydrogen-bond acceptors (Lipinski definition) is 3. The van der Waals surface area contributed by atoms with Gasteiger partial charge in [-0.3, -0.25) is 4.79 Å². The molecule has 1 aliphatic carbocycles. The third kappa shape index (κ3) is 5.54. The van der Waals surface area contributed by atoms with Gasteiger partial charge in [0, 0.05) is 12.5 Å². The molecule has 23 heavy (non-hydrogen) atoms. The zero-order chi connectivity index (χ0) is 16.8. The van der Waals surface area contributed by atoms with Gasteiger partial charge in [-0.05, 0) is 57.2 Å². The van der Waals surface area contributed by atoms with Crippen molar-refractivity contribution in [1.29, 1.82) is 0 Å². The first-order chi connectivity index (χ1) is 11.0. The highest BCUT2D eigenvalue weighted by Crippen LogP contribution is 2.26. The minimum absolute atomic E-state index is 0.00425. The van der Waals surface area contributed by atoms with Crippen molar-refractivity contribution in [2.75, 3.05) is 0 Å². The summed E-state index contributed by atoms with van der Waals surface area (Å²) in [5.74, 6) is 1.29. The molecule has 3 N–H and O–H groups in total. The van der Waals surface area contributed by atoms with Crippen LogP contribution in [0.4, 0.5) is 0 Å². The van der Waals surface area contributed by atoms with E-state index in [9.17, 15) is 4.79 Å². The summed E-state index contributed by atoms with van der Waals surface area (Å²) in [6.07, 6.45) is 5.21. The Balaban J connectivity index is 1.85. The molecule has 0 heterocycles. The average Bonchev–Trinajstić information content (AvgIpc) is 2.49. The van der Waals surface area contributed by atoms with Gasteiger partial charge < -0.3 is 15.8 Å². The normalized spacial score (nSPS) is 22.7.